The van der Waals surface area contributed by atoms with E-state index >= 15 is 0 Å². The summed E-state index contributed by atoms with van der Waals surface area (Å²) in [5.41, 5.74) is 1.46. The molecule has 0 aliphatic rings. The van der Waals surface area contributed by atoms with Crippen molar-refractivity contribution in [2.75, 3.05) is 13.1 Å². The number of rotatable bonds is 7. The van der Waals surface area contributed by atoms with Crippen LogP contribution in [0.2, 0.25) is 0 Å². The minimum absolute atomic E-state index is 0.146. The molecule has 1 aromatic heterocycles. The van der Waals surface area contributed by atoms with Gasteiger partial charge in [0.2, 0.25) is 0 Å². The van der Waals surface area contributed by atoms with Crippen molar-refractivity contribution in [2.45, 2.75) is 52.5 Å². The smallest absolute Gasteiger partial charge is 0.0635 e. The van der Waals surface area contributed by atoms with E-state index in [1.165, 1.54) is 5.69 Å². The summed E-state index contributed by atoms with van der Waals surface area (Å²) in [7, 11) is 0. The molecule has 4 heteroatoms. The van der Waals surface area contributed by atoms with Gasteiger partial charge in [-0.05, 0) is 41.9 Å². The first-order valence-electron chi connectivity index (χ1n) is 6.45. The topological polar surface area (TPSA) is 29.9 Å². The second-order valence-electron chi connectivity index (χ2n) is 5.05. The Morgan fingerprint density at radius 3 is 2.71 bits per heavy atom. The van der Waals surface area contributed by atoms with Crippen LogP contribution in [0.15, 0.2) is 10.7 Å². The lowest BCUT2D eigenvalue weighted by molar-refractivity contribution is 0.410. The number of hydrogen-bond acceptors (Lipinski definition) is 2. The number of hydrogen-bond donors (Lipinski definition) is 1. The first kappa shape index (κ1) is 14.7. The normalized spacial score (nSPS) is 12.1. The molecule has 0 saturated heterocycles. The van der Waals surface area contributed by atoms with Crippen molar-refractivity contribution in [1.29, 1.82) is 0 Å². The number of aryl methyl sites for hydroxylation is 1. The van der Waals surface area contributed by atoms with Crippen LogP contribution in [0.25, 0.3) is 0 Å². The van der Waals surface area contributed by atoms with Gasteiger partial charge >= 0.3 is 0 Å². The molecule has 0 aliphatic heterocycles. The summed E-state index contributed by atoms with van der Waals surface area (Å²) in [4.78, 5) is 0. The van der Waals surface area contributed by atoms with Crippen molar-refractivity contribution in [2.24, 2.45) is 0 Å². The van der Waals surface area contributed by atoms with Gasteiger partial charge in [-0.25, -0.2) is 0 Å². The molecule has 1 rings (SSSR count). The molecule has 0 unspecified atom stereocenters. The zero-order valence-corrected chi connectivity index (χ0v) is 13.0. The number of nitrogens with zero attached hydrogens (tertiary/aromatic N) is 2. The highest BCUT2D eigenvalue weighted by molar-refractivity contribution is 9.10. The molecular formula is C13H24BrN3. The molecule has 1 N–H and O–H groups in total. The predicted octanol–water partition coefficient (Wildman–Crippen LogP) is 3.33. The fraction of sp³-hybridized carbons (Fsp3) is 0.769. The van der Waals surface area contributed by atoms with E-state index in [1.807, 2.05) is 6.20 Å². The van der Waals surface area contributed by atoms with Crippen molar-refractivity contribution >= 4 is 15.9 Å². The monoisotopic (exact) mass is 301 g/mol. The molecule has 0 aliphatic carbocycles. The van der Waals surface area contributed by atoms with E-state index in [4.69, 9.17) is 0 Å². The van der Waals surface area contributed by atoms with Gasteiger partial charge in [0.25, 0.3) is 0 Å². The molecule has 1 heterocycles. The molecule has 3 nitrogen and oxygen atoms in total. The third-order valence-corrected chi connectivity index (χ3v) is 3.63. The molecule has 0 amide bonds. The van der Waals surface area contributed by atoms with Crippen LogP contribution < -0.4 is 5.32 Å². The fourth-order valence-electron chi connectivity index (χ4n) is 2.11. The van der Waals surface area contributed by atoms with Crippen molar-refractivity contribution in [3.63, 3.8) is 0 Å². The fourth-order valence-corrected chi connectivity index (χ4v) is 2.95. The maximum atomic E-state index is 4.45. The van der Waals surface area contributed by atoms with E-state index in [0.29, 0.717) is 0 Å². The third kappa shape index (κ3) is 3.81. The lowest BCUT2D eigenvalue weighted by atomic mass is 9.85. The van der Waals surface area contributed by atoms with E-state index in [1.54, 1.807) is 0 Å². The van der Waals surface area contributed by atoms with Gasteiger partial charge in [-0.15, -0.1) is 0 Å². The van der Waals surface area contributed by atoms with E-state index < -0.39 is 0 Å². The SMILES string of the molecule is CCCn1ncc(Br)c1C(C)(C)CCNCC. The van der Waals surface area contributed by atoms with Crippen LogP contribution in [0, 0.1) is 0 Å². The minimum atomic E-state index is 0.146. The lowest BCUT2D eigenvalue weighted by Crippen LogP contribution is -2.28. The maximum Gasteiger partial charge on any atom is 0.0635 e. The minimum Gasteiger partial charge on any atom is -0.317 e. The summed E-state index contributed by atoms with van der Waals surface area (Å²) in [6.45, 7) is 12.0. The van der Waals surface area contributed by atoms with E-state index in [-0.39, 0.29) is 5.41 Å². The highest BCUT2D eigenvalue weighted by atomic mass is 79.9. The number of halogens is 1. The molecule has 0 aromatic carbocycles. The van der Waals surface area contributed by atoms with Gasteiger partial charge < -0.3 is 5.32 Å². The Kier molecular flexibility index (Phi) is 5.67. The van der Waals surface area contributed by atoms with Crippen molar-refractivity contribution in [3.05, 3.63) is 16.4 Å². The van der Waals surface area contributed by atoms with Crippen molar-refractivity contribution in [3.8, 4) is 0 Å². The van der Waals surface area contributed by atoms with Crippen LogP contribution >= 0.6 is 15.9 Å². The molecule has 0 fully saturated rings. The number of aromatic nitrogens is 2. The Morgan fingerprint density at radius 2 is 2.12 bits per heavy atom. The Morgan fingerprint density at radius 1 is 1.41 bits per heavy atom. The zero-order valence-electron chi connectivity index (χ0n) is 11.4. The second-order valence-corrected chi connectivity index (χ2v) is 5.91. The van der Waals surface area contributed by atoms with Crippen molar-refractivity contribution < 1.29 is 0 Å². The van der Waals surface area contributed by atoms with Crippen LogP contribution in [-0.2, 0) is 12.0 Å². The van der Waals surface area contributed by atoms with Crippen LogP contribution in [0.5, 0.6) is 0 Å². The maximum absolute atomic E-state index is 4.45. The molecule has 17 heavy (non-hydrogen) atoms. The third-order valence-electron chi connectivity index (χ3n) is 3.05. The Balaban J connectivity index is 2.84. The van der Waals surface area contributed by atoms with Crippen LogP contribution in [0.1, 0.15) is 46.2 Å². The van der Waals surface area contributed by atoms with Gasteiger partial charge in [0.05, 0.1) is 16.4 Å². The van der Waals surface area contributed by atoms with Gasteiger partial charge in [0.15, 0.2) is 0 Å². The van der Waals surface area contributed by atoms with Gasteiger partial charge in [-0.3, -0.25) is 4.68 Å². The largest absolute Gasteiger partial charge is 0.317 e. The standard InChI is InChI=1S/C13H24BrN3/c1-5-9-17-12(11(14)10-16-17)13(3,4)7-8-15-6-2/h10,15H,5-9H2,1-4H3. The number of nitrogens with one attached hydrogen (secondary N) is 1. The Bertz CT molecular complexity index is 344. The predicted molar refractivity (Wildman–Crippen MR) is 76.4 cm³/mol. The zero-order chi connectivity index (χ0) is 12.9. The first-order chi connectivity index (χ1) is 8.03. The molecule has 0 atom stereocenters. The highest BCUT2D eigenvalue weighted by Gasteiger charge is 2.27. The summed E-state index contributed by atoms with van der Waals surface area (Å²) >= 11 is 3.63. The van der Waals surface area contributed by atoms with Crippen LogP contribution in [-0.4, -0.2) is 22.9 Å². The molecule has 98 valence electrons. The molecule has 0 radical (unpaired) electrons. The Hall–Kier alpha value is -0.350. The van der Waals surface area contributed by atoms with E-state index in [2.05, 4.69) is 58.7 Å². The highest BCUT2D eigenvalue weighted by Crippen LogP contribution is 2.32. The molecular weight excluding hydrogens is 278 g/mol. The van der Waals surface area contributed by atoms with Gasteiger partial charge in [0, 0.05) is 12.0 Å². The average Bonchev–Trinajstić information content (AvgIpc) is 2.61. The van der Waals surface area contributed by atoms with Crippen LogP contribution in [0.3, 0.4) is 0 Å². The molecule has 0 spiro atoms. The van der Waals surface area contributed by atoms with Gasteiger partial charge in [0.1, 0.15) is 0 Å². The first-order valence-corrected chi connectivity index (χ1v) is 7.24. The van der Waals surface area contributed by atoms with E-state index in [9.17, 15) is 0 Å². The quantitative estimate of drug-likeness (QED) is 0.783. The molecule has 0 saturated carbocycles. The van der Waals surface area contributed by atoms with E-state index in [0.717, 1.165) is 36.9 Å². The van der Waals surface area contributed by atoms with Gasteiger partial charge in [-0.2, -0.15) is 5.10 Å². The molecule has 0 bridgehead atoms. The summed E-state index contributed by atoms with van der Waals surface area (Å²) < 4.78 is 3.27. The summed E-state index contributed by atoms with van der Waals surface area (Å²) in [5, 5.41) is 7.84. The average molecular weight is 302 g/mol. The second kappa shape index (κ2) is 6.55. The Labute approximate surface area is 113 Å². The lowest BCUT2D eigenvalue weighted by Gasteiger charge is -2.26. The summed E-state index contributed by atoms with van der Waals surface area (Å²) in [6.07, 6.45) is 4.15. The van der Waals surface area contributed by atoms with Crippen LogP contribution in [0.4, 0.5) is 0 Å². The summed E-state index contributed by atoms with van der Waals surface area (Å²) in [6, 6.07) is 0. The molecule has 1 aromatic rings. The summed E-state index contributed by atoms with van der Waals surface area (Å²) in [5.74, 6) is 0. The van der Waals surface area contributed by atoms with Gasteiger partial charge in [-0.1, -0.05) is 27.7 Å². The van der Waals surface area contributed by atoms with Crippen molar-refractivity contribution in [1.82, 2.24) is 15.1 Å².